The molecule has 3 amide bonds. The van der Waals surface area contributed by atoms with Crippen LogP contribution in [-0.2, 0) is 11.0 Å². The van der Waals surface area contributed by atoms with Gasteiger partial charge in [0, 0.05) is 5.70 Å². The summed E-state index contributed by atoms with van der Waals surface area (Å²) in [5.41, 5.74) is 0.421. The van der Waals surface area contributed by atoms with Gasteiger partial charge in [-0.15, -0.1) is 0 Å². The lowest BCUT2D eigenvalue weighted by Crippen LogP contribution is -2.46. The Morgan fingerprint density at radius 2 is 1.76 bits per heavy atom. The van der Waals surface area contributed by atoms with Gasteiger partial charge in [-0.3, -0.25) is 4.79 Å². The van der Waals surface area contributed by atoms with Crippen LogP contribution in [0, 0.1) is 0 Å². The van der Waals surface area contributed by atoms with E-state index in [-0.39, 0.29) is 5.57 Å². The van der Waals surface area contributed by atoms with E-state index in [1.54, 1.807) is 31.2 Å². The first kappa shape index (κ1) is 20.2. The lowest BCUT2D eigenvalue weighted by atomic mass is 9.94. The Bertz CT molecular complexity index is 969. The predicted octanol–water partition coefficient (Wildman–Crippen LogP) is 3.98. The fraction of sp³-hybridized carbons (Fsp3) is 0.200. The van der Waals surface area contributed by atoms with Crippen LogP contribution in [0.4, 0.5) is 23.7 Å². The Hall–Kier alpha value is -3.49. The van der Waals surface area contributed by atoms with Gasteiger partial charge < -0.3 is 20.7 Å². The van der Waals surface area contributed by atoms with Crippen molar-refractivity contribution in [2.45, 2.75) is 19.1 Å². The monoisotopic (exact) mass is 405 g/mol. The van der Waals surface area contributed by atoms with Gasteiger partial charge in [0.25, 0.3) is 5.91 Å². The molecule has 0 aliphatic carbocycles. The number of amides is 3. The first-order valence-corrected chi connectivity index (χ1v) is 8.60. The van der Waals surface area contributed by atoms with Crippen LogP contribution in [0.25, 0.3) is 0 Å². The van der Waals surface area contributed by atoms with Gasteiger partial charge in [0.15, 0.2) is 0 Å². The van der Waals surface area contributed by atoms with Gasteiger partial charge in [0.1, 0.15) is 5.75 Å². The van der Waals surface area contributed by atoms with Gasteiger partial charge in [0.05, 0.1) is 30.0 Å². The summed E-state index contributed by atoms with van der Waals surface area (Å²) in [5.74, 6) is -0.0811. The normalized spacial score (nSPS) is 16.7. The molecule has 29 heavy (non-hydrogen) atoms. The zero-order valence-corrected chi connectivity index (χ0v) is 15.6. The molecule has 3 N–H and O–H groups in total. The molecule has 0 aromatic heterocycles. The molecule has 3 rings (SSSR count). The second kappa shape index (κ2) is 7.86. The SMILES string of the molecule is COc1ccccc1NC(=O)C1=C(C)NC(=O)NC1c1ccc(C(F)(F)F)cc1. The topological polar surface area (TPSA) is 79.5 Å². The van der Waals surface area contributed by atoms with Crippen molar-refractivity contribution >= 4 is 17.6 Å². The maximum absolute atomic E-state index is 13.0. The van der Waals surface area contributed by atoms with Crippen LogP contribution in [0.5, 0.6) is 5.75 Å². The van der Waals surface area contributed by atoms with Gasteiger partial charge in [-0.25, -0.2) is 4.79 Å². The molecular weight excluding hydrogens is 387 g/mol. The van der Waals surface area contributed by atoms with Crippen molar-refractivity contribution in [1.82, 2.24) is 10.6 Å². The molecule has 1 heterocycles. The fourth-order valence-electron chi connectivity index (χ4n) is 3.05. The molecule has 0 saturated carbocycles. The summed E-state index contributed by atoms with van der Waals surface area (Å²) in [6.07, 6.45) is -4.48. The number of carbonyl (C=O) groups is 2. The average molecular weight is 405 g/mol. The van der Waals surface area contributed by atoms with E-state index in [0.717, 1.165) is 12.1 Å². The highest BCUT2D eigenvalue weighted by Crippen LogP contribution is 2.33. The third-order valence-electron chi connectivity index (χ3n) is 4.44. The molecule has 0 bridgehead atoms. The van der Waals surface area contributed by atoms with Crippen LogP contribution < -0.4 is 20.7 Å². The number of hydrogen-bond acceptors (Lipinski definition) is 3. The minimum absolute atomic E-state index is 0.176. The number of allylic oxidation sites excluding steroid dienone is 1. The summed E-state index contributed by atoms with van der Waals surface area (Å²) >= 11 is 0. The van der Waals surface area contributed by atoms with E-state index in [9.17, 15) is 22.8 Å². The van der Waals surface area contributed by atoms with E-state index < -0.39 is 29.7 Å². The van der Waals surface area contributed by atoms with Crippen molar-refractivity contribution in [1.29, 1.82) is 0 Å². The molecule has 0 radical (unpaired) electrons. The number of methoxy groups -OCH3 is 1. The number of anilines is 1. The van der Waals surface area contributed by atoms with Crippen LogP contribution >= 0.6 is 0 Å². The Morgan fingerprint density at radius 3 is 2.38 bits per heavy atom. The summed E-state index contributed by atoms with van der Waals surface area (Å²) < 4.78 is 43.7. The highest BCUT2D eigenvalue weighted by molar-refractivity contribution is 6.07. The molecule has 6 nitrogen and oxygen atoms in total. The zero-order valence-electron chi connectivity index (χ0n) is 15.6. The highest BCUT2D eigenvalue weighted by atomic mass is 19.4. The van der Waals surface area contributed by atoms with Crippen LogP contribution in [0.2, 0.25) is 0 Å². The summed E-state index contributed by atoms with van der Waals surface area (Å²) in [5, 5.41) is 7.82. The van der Waals surface area contributed by atoms with Gasteiger partial charge in [-0.2, -0.15) is 13.2 Å². The quantitative estimate of drug-likeness (QED) is 0.720. The zero-order chi connectivity index (χ0) is 21.2. The van der Waals surface area contributed by atoms with E-state index >= 15 is 0 Å². The first-order chi connectivity index (χ1) is 13.7. The maximum atomic E-state index is 13.0. The molecule has 2 aromatic carbocycles. The molecule has 0 spiro atoms. The Balaban J connectivity index is 1.94. The molecule has 1 unspecified atom stereocenters. The summed E-state index contributed by atoms with van der Waals surface area (Å²) in [6, 6.07) is 9.61. The summed E-state index contributed by atoms with van der Waals surface area (Å²) in [7, 11) is 1.46. The third-order valence-corrected chi connectivity index (χ3v) is 4.44. The van der Waals surface area contributed by atoms with Crippen molar-refractivity contribution in [2.24, 2.45) is 0 Å². The molecule has 0 fully saturated rings. The number of urea groups is 1. The van der Waals surface area contributed by atoms with Crippen LogP contribution in [-0.4, -0.2) is 19.0 Å². The van der Waals surface area contributed by atoms with Crippen molar-refractivity contribution in [3.05, 3.63) is 70.9 Å². The van der Waals surface area contributed by atoms with E-state index in [4.69, 9.17) is 4.74 Å². The van der Waals surface area contributed by atoms with E-state index in [1.165, 1.54) is 19.2 Å². The van der Waals surface area contributed by atoms with Gasteiger partial charge in [-0.1, -0.05) is 24.3 Å². The van der Waals surface area contributed by atoms with Crippen molar-refractivity contribution in [3.8, 4) is 5.75 Å². The summed E-state index contributed by atoms with van der Waals surface area (Å²) in [6.45, 7) is 1.55. The van der Waals surface area contributed by atoms with Crippen LogP contribution in [0.15, 0.2) is 59.8 Å². The standard InChI is InChI=1S/C20H18F3N3O3/c1-11-16(18(27)25-14-5-3-4-6-15(14)29-2)17(26-19(28)24-11)12-7-9-13(10-8-12)20(21,22)23/h3-10,17H,1-2H3,(H,25,27)(H2,24,26,28). The predicted molar refractivity (Wildman–Crippen MR) is 100 cm³/mol. The largest absolute Gasteiger partial charge is 0.495 e. The van der Waals surface area contributed by atoms with E-state index in [2.05, 4.69) is 16.0 Å². The molecule has 1 aliphatic rings. The molecule has 0 saturated heterocycles. The Morgan fingerprint density at radius 1 is 1.10 bits per heavy atom. The maximum Gasteiger partial charge on any atom is 0.416 e. The number of carbonyl (C=O) groups excluding carboxylic acids is 2. The Kier molecular flexibility index (Phi) is 5.49. The number of para-hydroxylation sites is 2. The molecule has 9 heteroatoms. The molecule has 1 aliphatic heterocycles. The van der Waals surface area contributed by atoms with Crippen molar-refractivity contribution < 1.29 is 27.5 Å². The van der Waals surface area contributed by atoms with E-state index in [0.29, 0.717) is 22.7 Å². The summed E-state index contributed by atoms with van der Waals surface area (Å²) in [4.78, 5) is 24.9. The first-order valence-electron chi connectivity index (χ1n) is 8.60. The molecule has 152 valence electrons. The number of halogens is 3. The Labute approximate surface area is 164 Å². The lowest BCUT2D eigenvalue weighted by Gasteiger charge is -2.29. The number of hydrogen-bond donors (Lipinski definition) is 3. The van der Waals surface area contributed by atoms with Crippen LogP contribution in [0.1, 0.15) is 24.1 Å². The van der Waals surface area contributed by atoms with Gasteiger partial charge in [0.2, 0.25) is 0 Å². The number of rotatable bonds is 4. The lowest BCUT2D eigenvalue weighted by molar-refractivity contribution is -0.137. The second-order valence-corrected chi connectivity index (χ2v) is 6.34. The average Bonchev–Trinajstić information content (AvgIpc) is 2.67. The number of nitrogens with one attached hydrogen (secondary N) is 3. The molecular formula is C20H18F3N3O3. The number of benzene rings is 2. The fourth-order valence-corrected chi connectivity index (χ4v) is 3.05. The highest BCUT2D eigenvalue weighted by Gasteiger charge is 2.33. The smallest absolute Gasteiger partial charge is 0.416 e. The molecule has 2 aromatic rings. The minimum Gasteiger partial charge on any atom is -0.495 e. The van der Waals surface area contributed by atoms with Gasteiger partial charge in [-0.05, 0) is 36.8 Å². The second-order valence-electron chi connectivity index (χ2n) is 6.34. The number of ether oxygens (including phenoxy) is 1. The van der Waals surface area contributed by atoms with E-state index in [1.807, 2.05) is 0 Å². The van der Waals surface area contributed by atoms with Gasteiger partial charge >= 0.3 is 12.2 Å². The third kappa shape index (κ3) is 4.34. The number of alkyl halides is 3. The minimum atomic E-state index is -4.48. The molecule has 1 atom stereocenters. The van der Waals surface area contributed by atoms with Crippen molar-refractivity contribution in [2.75, 3.05) is 12.4 Å². The van der Waals surface area contributed by atoms with Crippen molar-refractivity contribution in [3.63, 3.8) is 0 Å². The van der Waals surface area contributed by atoms with Crippen LogP contribution in [0.3, 0.4) is 0 Å².